The number of carboxylic acid groups (broad SMARTS) is 1. The lowest BCUT2D eigenvalue weighted by Crippen LogP contribution is -2.30. The van der Waals surface area contributed by atoms with E-state index in [0.717, 1.165) is 44.9 Å². The molecule has 2 atom stereocenters. The zero-order chi connectivity index (χ0) is 31.5. The summed E-state index contributed by atoms with van der Waals surface area (Å²) in [5.41, 5.74) is 0. The van der Waals surface area contributed by atoms with Crippen molar-refractivity contribution in [3.63, 3.8) is 0 Å². The molecule has 0 aromatic heterocycles. The summed E-state index contributed by atoms with van der Waals surface area (Å²) in [6.45, 7) is 2.94. The van der Waals surface area contributed by atoms with E-state index in [-0.39, 0.29) is 45.4 Å². The van der Waals surface area contributed by atoms with Crippen molar-refractivity contribution < 1.29 is 52.3 Å². The van der Waals surface area contributed by atoms with Crippen LogP contribution in [0.4, 0.5) is 0 Å². The average Bonchev–Trinajstić information content (AvgIpc) is 2.94. The highest BCUT2D eigenvalue weighted by atomic mass is 31.2. The molecule has 42 heavy (non-hydrogen) atoms. The molecule has 0 spiro atoms. The molecular formula is C29H54NO11P. The monoisotopic (exact) mass is 623 g/mol. The van der Waals surface area contributed by atoms with Crippen LogP contribution in [0.3, 0.4) is 0 Å². The van der Waals surface area contributed by atoms with Crippen LogP contribution in [0.25, 0.3) is 0 Å². The second-order valence-electron chi connectivity index (χ2n) is 10.4. The van der Waals surface area contributed by atoms with Crippen molar-refractivity contribution in [3.8, 4) is 0 Å². The molecule has 0 aliphatic rings. The minimum Gasteiger partial charge on any atom is -0.481 e. The van der Waals surface area contributed by atoms with E-state index in [0.29, 0.717) is 12.8 Å². The summed E-state index contributed by atoms with van der Waals surface area (Å²) in [4.78, 5) is 56.6. The van der Waals surface area contributed by atoms with Gasteiger partial charge in [-0.3, -0.25) is 28.2 Å². The highest BCUT2D eigenvalue weighted by Gasteiger charge is 2.26. The summed E-state index contributed by atoms with van der Waals surface area (Å²) in [5.74, 6) is -2.62. The van der Waals surface area contributed by atoms with E-state index in [4.69, 9.17) is 23.6 Å². The Labute approximate surface area is 251 Å². The van der Waals surface area contributed by atoms with E-state index in [2.05, 4.69) is 19.2 Å². The van der Waals surface area contributed by atoms with Crippen molar-refractivity contribution in [2.45, 2.75) is 136 Å². The lowest BCUT2D eigenvalue weighted by Gasteiger charge is -2.20. The molecule has 0 aliphatic carbocycles. The molecule has 0 aromatic rings. The van der Waals surface area contributed by atoms with Gasteiger partial charge in [0, 0.05) is 25.8 Å². The van der Waals surface area contributed by atoms with Crippen LogP contribution in [-0.4, -0.2) is 66.3 Å². The molecule has 0 bridgehead atoms. The van der Waals surface area contributed by atoms with E-state index in [1.165, 1.54) is 32.1 Å². The van der Waals surface area contributed by atoms with Gasteiger partial charge in [0.1, 0.15) is 6.61 Å². The maximum Gasteiger partial charge on any atom is 0.472 e. The van der Waals surface area contributed by atoms with Crippen molar-refractivity contribution in [2.24, 2.45) is 0 Å². The minimum absolute atomic E-state index is 0.139. The van der Waals surface area contributed by atoms with Gasteiger partial charge in [0.2, 0.25) is 5.91 Å². The first-order valence-corrected chi connectivity index (χ1v) is 17.0. The molecule has 246 valence electrons. The number of amides is 1. The number of carbonyl (C=O) groups is 4. The molecule has 0 fully saturated rings. The van der Waals surface area contributed by atoms with Gasteiger partial charge < -0.3 is 24.8 Å². The van der Waals surface area contributed by atoms with E-state index in [1.807, 2.05) is 0 Å². The van der Waals surface area contributed by atoms with Gasteiger partial charge in [0.15, 0.2) is 6.10 Å². The Balaban J connectivity index is 4.61. The number of ether oxygens (including phenoxy) is 2. The predicted octanol–water partition coefficient (Wildman–Crippen LogP) is 5.84. The fraction of sp³-hybridized carbons (Fsp3) is 0.862. The van der Waals surface area contributed by atoms with Gasteiger partial charge in [0.05, 0.1) is 19.6 Å². The maximum atomic E-state index is 12.4. The number of aliphatic carboxylic acids is 1. The number of hydrogen-bond donors (Lipinski definition) is 3. The van der Waals surface area contributed by atoms with Gasteiger partial charge in [-0.05, 0) is 12.8 Å². The Kier molecular flexibility index (Phi) is 25.3. The fourth-order valence-corrected chi connectivity index (χ4v) is 4.70. The van der Waals surface area contributed by atoms with Crippen LogP contribution in [-0.2, 0) is 42.3 Å². The SMILES string of the molecule is CCCCCCCCCC(=O)OC[C@H](COP(=O)(O)OCCNC(=O)CCC(=O)O)OC(=O)CCCCCCCCC. The molecule has 13 heteroatoms. The summed E-state index contributed by atoms with van der Waals surface area (Å²) in [6.07, 6.45) is 13.3. The number of carboxylic acids is 1. The first-order valence-electron chi connectivity index (χ1n) is 15.5. The van der Waals surface area contributed by atoms with Gasteiger partial charge in [-0.15, -0.1) is 0 Å². The van der Waals surface area contributed by atoms with Crippen molar-refractivity contribution in [2.75, 3.05) is 26.4 Å². The first kappa shape index (κ1) is 40.0. The number of nitrogens with one attached hydrogen (secondary N) is 1. The Bertz CT molecular complexity index is 794. The second kappa shape index (κ2) is 26.6. The maximum absolute atomic E-state index is 12.4. The summed E-state index contributed by atoms with van der Waals surface area (Å²) in [7, 11) is -4.58. The summed E-state index contributed by atoms with van der Waals surface area (Å²) >= 11 is 0. The Morgan fingerprint density at radius 3 is 1.76 bits per heavy atom. The van der Waals surface area contributed by atoms with Crippen LogP contribution < -0.4 is 5.32 Å². The number of hydrogen-bond acceptors (Lipinski definition) is 9. The van der Waals surface area contributed by atoms with Crippen LogP contribution in [0.15, 0.2) is 0 Å². The highest BCUT2D eigenvalue weighted by Crippen LogP contribution is 2.43. The van der Waals surface area contributed by atoms with Crippen LogP contribution >= 0.6 is 7.82 Å². The van der Waals surface area contributed by atoms with Crippen LogP contribution in [0.1, 0.15) is 129 Å². The largest absolute Gasteiger partial charge is 0.481 e. The topological polar surface area (TPSA) is 175 Å². The third-order valence-corrected chi connectivity index (χ3v) is 7.35. The van der Waals surface area contributed by atoms with Crippen molar-refractivity contribution >= 4 is 31.6 Å². The second-order valence-corrected chi connectivity index (χ2v) is 11.8. The molecule has 1 amide bonds. The van der Waals surface area contributed by atoms with E-state index < -0.39 is 44.3 Å². The van der Waals surface area contributed by atoms with Crippen molar-refractivity contribution in [1.82, 2.24) is 5.32 Å². The molecule has 0 saturated carbocycles. The van der Waals surface area contributed by atoms with Crippen molar-refractivity contribution in [1.29, 1.82) is 0 Å². The molecule has 0 rings (SSSR count). The smallest absolute Gasteiger partial charge is 0.472 e. The third kappa shape index (κ3) is 26.9. The van der Waals surface area contributed by atoms with Crippen LogP contribution in [0, 0.1) is 0 Å². The highest BCUT2D eigenvalue weighted by molar-refractivity contribution is 7.47. The molecule has 0 saturated heterocycles. The standard InChI is InChI=1S/C29H54NO11P/c1-3-5-7-9-11-13-15-17-28(34)38-23-25(41-29(35)18-16-14-12-10-8-6-4-2)24-40-42(36,37)39-22-21-30-26(31)19-20-27(32)33/h25H,3-24H2,1-2H3,(H,30,31)(H,32,33)(H,36,37)/t25-/m1/s1. The molecule has 0 heterocycles. The van der Waals surface area contributed by atoms with Gasteiger partial charge >= 0.3 is 25.7 Å². The van der Waals surface area contributed by atoms with E-state index >= 15 is 0 Å². The molecule has 1 unspecified atom stereocenters. The average molecular weight is 624 g/mol. The first-order chi connectivity index (χ1) is 20.1. The minimum atomic E-state index is -4.58. The van der Waals surface area contributed by atoms with E-state index in [1.54, 1.807) is 0 Å². The number of unbranched alkanes of at least 4 members (excludes halogenated alkanes) is 12. The Morgan fingerprint density at radius 1 is 0.690 bits per heavy atom. The lowest BCUT2D eigenvalue weighted by molar-refractivity contribution is -0.161. The quantitative estimate of drug-likeness (QED) is 0.0519. The van der Waals surface area contributed by atoms with Gasteiger partial charge in [-0.2, -0.15) is 0 Å². The Morgan fingerprint density at radius 2 is 1.21 bits per heavy atom. The predicted molar refractivity (Wildman–Crippen MR) is 158 cm³/mol. The molecule has 0 aliphatic heterocycles. The number of phosphoric acid groups is 1. The molecule has 12 nitrogen and oxygen atoms in total. The molecule has 3 N–H and O–H groups in total. The number of rotatable bonds is 29. The Hall–Kier alpha value is -2.01. The molecular weight excluding hydrogens is 569 g/mol. The summed E-state index contributed by atoms with van der Waals surface area (Å²) < 4.78 is 32.7. The van der Waals surface area contributed by atoms with Gasteiger partial charge in [-0.1, -0.05) is 90.9 Å². The number of carbonyl (C=O) groups excluding carboxylic acids is 3. The van der Waals surface area contributed by atoms with Gasteiger partial charge in [0.25, 0.3) is 0 Å². The van der Waals surface area contributed by atoms with Crippen LogP contribution in [0.5, 0.6) is 0 Å². The number of esters is 2. The molecule has 0 aromatic carbocycles. The third-order valence-electron chi connectivity index (χ3n) is 6.37. The van der Waals surface area contributed by atoms with Crippen LogP contribution in [0.2, 0.25) is 0 Å². The molecule has 0 radical (unpaired) electrons. The lowest BCUT2D eigenvalue weighted by atomic mass is 10.1. The van der Waals surface area contributed by atoms with Crippen molar-refractivity contribution in [3.05, 3.63) is 0 Å². The fourth-order valence-electron chi connectivity index (χ4n) is 3.95. The summed E-state index contributed by atoms with van der Waals surface area (Å²) in [5, 5.41) is 11.0. The number of phosphoric ester groups is 1. The zero-order valence-corrected chi connectivity index (χ0v) is 26.5. The van der Waals surface area contributed by atoms with Gasteiger partial charge in [-0.25, -0.2) is 4.57 Å². The summed E-state index contributed by atoms with van der Waals surface area (Å²) in [6, 6.07) is 0. The van der Waals surface area contributed by atoms with E-state index in [9.17, 15) is 28.6 Å². The normalized spacial score (nSPS) is 13.2. The zero-order valence-electron chi connectivity index (χ0n) is 25.6.